The van der Waals surface area contributed by atoms with Gasteiger partial charge < -0.3 is 9.38 Å². The van der Waals surface area contributed by atoms with Crippen LogP contribution in [0.3, 0.4) is 0 Å². The highest BCUT2D eigenvalue weighted by Crippen LogP contribution is 2.58. The predicted molar refractivity (Wildman–Crippen MR) is 248 cm³/mol. The van der Waals surface area contributed by atoms with Crippen molar-refractivity contribution in [3.63, 3.8) is 0 Å². The highest BCUT2D eigenvalue weighted by atomic mass is 15.1. The van der Waals surface area contributed by atoms with Gasteiger partial charge in [0.05, 0.1) is 11.0 Å². The summed E-state index contributed by atoms with van der Waals surface area (Å²) < 4.78 is 2.72. The number of fused-ring (bicyclic) bond motifs is 13. The Morgan fingerprint density at radius 1 is 0.603 bits per heavy atom. The van der Waals surface area contributed by atoms with Crippen molar-refractivity contribution in [2.45, 2.75) is 83.4 Å². The molecule has 3 heterocycles. The second-order valence-corrected chi connectivity index (χ2v) is 20.2. The number of hydrogen-bond donors (Lipinski definition) is 0. The third-order valence-corrected chi connectivity index (χ3v) is 14.5. The summed E-state index contributed by atoms with van der Waals surface area (Å²) in [7, 11) is 0. The van der Waals surface area contributed by atoms with Gasteiger partial charge in [-0.25, -0.2) is 0 Å². The van der Waals surface area contributed by atoms with Crippen molar-refractivity contribution in [2.24, 2.45) is 0 Å². The van der Waals surface area contributed by atoms with E-state index in [1.165, 1.54) is 104 Å². The molecule has 282 valence electrons. The quantitative estimate of drug-likeness (QED) is 0.152. The summed E-state index contributed by atoms with van der Waals surface area (Å²) in [6, 6.07) is 52.1. The maximum atomic E-state index is 2.78. The zero-order chi connectivity index (χ0) is 39.6. The largest absolute Gasteiger partial charge is 0.380 e. The second-order valence-electron chi connectivity index (χ2n) is 20.2. The molecule has 2 aliphatic heterocycles. The van der Waals surface area contributed by atoms with Crippen molar-refractivity contribution >= 4 is 68.0 Å². The van der Waals surface area contributed by atoms with E-state index in [1.807, 2.05) is 0 Å². The zero-order valence-corrected chi connectivity index (χ0v) is 34.9. The van der Waals surface area contributed by atoms with Crippen LogP contribution in [-0.4, -0.2) is 11.4 Å². The Bertz CT molecular complexity index is 3260. The first kappa shape index (κ1) is 34.3. The molecular weight excluding hydrogens is 699 g/mol. The minimum absolute atomic E-state index is 0.0339. The fraction of sp³-hybridized carbons (Fsp3) is 0.236. The van der Waals surface area contributed by atoms with E-state index in [-0.39, 0.29) is 34.8 Å². The van der Waals surface area contributed by atoms with Crippen LogP contribution in [0.5, 0.6) is 0 Å². The average Bonchev–Trinajstić information content (AvgIpc) is 3.66. The summed E-state index contributed by atoms with van der Waals surface area (Å²) in [5.41, 5.74) is 17.8. The first-order valence-corrected chi connectivity index (χ1v) is 21.3. The molecule has 4 aliphatic rings. The zero-order valence-electron chi connectivity index (χ0n) is 34.9. The summed E-state index contributed by atoms with van der Waals surface area (Å²) in [6.45, 7) is 19.0. The van der Waals surface area contributed by atoms with Gasteiger partial charge in [0.15, 0.2) is 0 Å². The lowest BCUT2D eigenvalue weighted by Gasteiger charge is -2.50. The molecule has 12 rings (SSSR count). The third-order valence-electron chi connectivity index (χ3n) is 14.5. The standard InChI is InChI=1S/C55H49BN2/c1-53(2,3)34-22-26-47-41(28-34)42-29-35(54(4,5)6)30-46-51(42)57(47)52-38-18-12-10-16-33(38)27-43-49-37-17-11-9-15-32(37)21-25-48(49)58(56(46)50(43)52)36-23-24-45-40(31-36)39-19-13-14-20-44(39)55(45,7)8/h9-31,43,50H,1-8H3. The molecule has 58 heavy (non-hydrogen) atoms. The molecule has 1 aromatic heterocycles. The molecule has 0 N–H and O–H groups in total. The van der Waals surface area contributed by atoms with E-state index < -0.39 is 0 Å². The van der Waals surface area contributed by atoms with E-state index in [0.717, 1.165) is 0 Å². The minimum Gasteiger partial charge on any atom is -0.380 e. The highest BCUT2D eigenvalue weighted by Gasteiger charge is 2.53. The summed E-state index contributed by atoms with van der Waals surface area (Å²) in [5.74, 6) is 0.336. The van der Waals surface area contributed by atoms with Gasteiger partial charge in [0.2, 0.25) is 0 Å². The van der Waals surface area contributed by atoms with Crippen molar-refractivity contribution in [3.05, 3.63) is 172 Å². The number of hydrogen-bond acceptors (Lipinski definition) is 1. The Hall–Kier alpha value is -5.80. The fourth-order valence-corrected chi connectivity index (χ4v) is 11.6. The Kier molecular flexibility index (Phi) is 6.63. The lowest BCUT2D eigenvalue weighted by molar-refractivity contribution is 0.590. The van der Waals surface area contributed by atoms with E-state index >= 15 is 0 Å². The molecule has 2 unspecified atom stereocenters. The lowest BCUT2D eigenvalue weighted by Crippen LogP contribution is -2.59. The molecule has 2 atom stereocenters. The molecule has 0 spiro atoms. The minimum atomic E-state index is -0.0561. The third kappa shape index (κ3) is 4.40. The van der Waals surface area contributed by atoms with Gasteiger partial charge in [-0.2, -0.15) is 0 Å². The van der Waals surface area contributed by atoms with Crippen LogP contribution in [0.2, 0.25) is 5.82 Å². The van der Waals surface area contributed by atoms with E-state index in [4.69, 9.17) is 0 Å². The summed E-state index contributed by atoms with van der Waals surface area (Å²) in [5, 5.41) is 8.06. The van der Waals surface area contributed by atoms with Gasteiger partial charge in [0.25, 0.3) is 0 Å². The van der Waals surface area contributed by atoms with Gasteiger partial charge >= 0.3 is 6.85 Å². The maximum Gasteiger partial charge on any atom is 0.306 e. The summed E-state index contributed by atoms with van der Waals surface area (Å²) in [6.07, 6.45) is 2.62. The maximum absolute atomic E-state index is 2.78. The molecule has 7 aromatic carbocycles. The second kappa shape index (κ2) is 11.2. The predicted octanol–water partition coefficient (Wildman–Crippen LogP) is 11.8. The van der Waals surface area contributed by atoms with Crippen molar-refractivity contribution < 1.29 is 0 Å². The molecule has 2 aliphatic carbocycles. The Balaban J connectivity index is 1.27. The molecule has 0 saturated heterocycles. The molecule has 0 fully saturated rings. The molecule has 8 aromatic rings. The molecule has 3 heteroatoms. The SMILES string of the molecule is CC(C)(C)c1ccc2c(c1)c1cc(C(C)(C)C)cc3c1n2C1=c2ccccc2=CC2c4c(ccc5ccccc45)N(c4ccc5c(c4)-c4ccccc4C5(C)C)B3C12. The number of anilines is 2. The van der Waals surface area contributed by atoms with Gasteiger partial charge in [-0.15, -0.1) is 0 Å². The molecule has 0 radical (unpaired) electrons. The number of aromatic nitrogens is 1. The molecular formula is C55H49BN2. The van der Waals surface area contributed by atoms with Crippen molar-refractivity contribution in [1.29, 1.82) is 0 Å². The number of benzene rings is 7. The van der Waals surface area contributed by atoms with Gasteiger partial charge in [-0.3, -0.25) is 0 Å². The van der Waals surface area contributed by atoms with Crippen LogP contribution >= 0.6 is 0 Å². The van der Waals surface area contributed by atoms with E-state index in [2.05, 4.69) is 204 Å². The molecule has 2 nitrogen and oxygen atoms in total. The van der Waals surface area contributed by atoms with Gasteiger partial charge in [-0.05, 0) is 108 Å². The van der Waals surface area contributed by atoms with Crippen molar-refractivity contribution in [2.75, 3.05) is 4.81 Å². The van der Waals surface area contributed by atoms with Crippen LogP contribution in [0.15, 0.2) is 133 Å². The highest BCUT2D eigenvalue weighted by molar-refractivity contribution is 6.84. The number of nitrogens with zero attached hydrogens (tertiary/aromatic N) is 2. The Morgan fingerprint density at radius 3 is 2.16 bits per heavy atom. The summed E-state index contributed by atoms with van der Waals surface area (Å²) >= 11 is 0. The van der Waals surface area contributed by atoms with E-state index in [1.54, 1.807) is 0 Å². The molecule has 0 saturated carbocycles. The lowest BCUT2D eigenvalue weighted by atomic mass is 9.36. The Labute approximate surface area is 342 Å². The molecule has 0 bridgehead atoms. The smallest absolute Gasteiger partial charge is 0.306 e. The topological polar surface area (TPSA) is 8.17 Å². The fourth-order valence-electron chi connectivity index (χ4n) is 11.6. The van der Waals surface area contributed by atoms with E-state index in [9.17, 15) is 0 Å². The van der Waals surface area contributed by atoms with Crippen LogP contribution in [0, 0.1) is 0 Å². The Morgan fingerprint density at radius 2 is 1.33 bits per heavy atom. The first-order chi connectivity index (χ1) is 27.8. The van der Waals surface area contributed by atoms with E-state index in [0.29, 0.717) is 0 Å². The van der Waals surface area contributed by atoms with Crippen molar-refractivity contribution in [3.8, 4) is 11.1 Å². The number of rotatable bonds is 1. The van der Waals surface area contributed by atoms with Gasteiger partial charge in [-0.1, -0.05) is 159 Å². The summed E-state index contributed by atoms with van der Waals surface area (Å²) in [4.78, 5) is 2.78. The first-order valence-electron chi connectivity index (χ1n) is 21.3. The van der Waals surface area contributed by atoms with Crippen molar-refractivity contribution in [1.82, 2.24) is 4.57 Å². The van der Waals surface area contributed by atoms with Crippen LogP contribution in [0.25, 0.3) is 55.5 Å². The van der Waals surface area contributed by atoms with Gasteiger partial charge in [0.1, 0.15) is 0 Å². The van der Waals surface area contributed by atoms with Gasteiger partial charge in [0, 0.05) is 50.2 Å². The van der Waals surface area contributed by atoms with Crippen LogP contribution in [0.4, 0.5) is 11.4 Å². The normalized spacial score (nSPS) is 18.5. The van der Waals surface area contributed by atoms with Crippen LogP contribution in [0.1, 0.15) is 89.1 Å². The monoisotopic (exact) mass is 748 g/mol. The average molecular weight is 749 g/mol. The molecule has 0 amide bonds. The van der Waals surface area contributed by atoms with Crippen LogP contribution < -0.4 is 20.7 Å². The van der Waals surface area contributed by atoms with Crippen LogP contribution in [-0.2, 0) is 16.2 Å².